The third kappa shape index (κ3) is 5.01. The topological polar surface area (TPSA) is 76.0 Å². The normalized spacial score (nSPS) is 10.4. The molecular weight excluding hydrogens is 347 g/mol. The summed E-state index contributed by atoms with van der Waals surface area (Å²) in [5.41, 5.74) is 1.77. The molecule has 6 nitrogen and oxygen atoms in total. The highest BCUT2D eigenvalue weighted by molar-refractivity contribution is 6.05. The highest BCUT2D eigenvalue weighted by atomic mass is 19.1. The summed E-state index contributed by atoms with van der Waals surface area (Å²) in [4.78, 5) is 28.4. The number of imidazole rings is 1. The summed E-state index contributed by atoms with van der Waals surface area (Å²) in [6, 6.07) is 11.1. The van der Waals surface area contributed by atoms with E-state index in [0.29, 0.717) is 29.0 Å². The van der Waals surface area contributed by atoms with Crippen LogP contribution in [0.1, 0.15) is 22.3 Å². The minimum absolute atomic E-state index is 0.165. The third-order valence-electron chi connectivity index (χ3n) is 3.99. The van der Waals surface area contributed by atoms with Crippen molar-refractivity contribution in [3.8, 4) is 0 Å². The highest BCUT2D eigenvalue weighted by Crippen LogP contribution is 2.16. The number of hydrogen-bond acceptors (Lipinski definition) is 3. The van der Waals surface area contributed by atoms with Crippen molar-refractivity contribution < 1.29 is 14.0 Å². The van der Waals surface area contributed by atoms with Crippen LogP contribution in [-0.4, -0.2) is 21.4 Å². The predicted molar refractivity (Wildman–Crippen MR) is 101 cm³/mol. The molecule has 0 radical (unpaired) electrons. The molecule has 2 N–H and O–H groups in total. The van der Waals surface area contributed by atoms with E-state index in [1.165, 1.54) is 6.07 Å². The van der Waals surface area contributed by atoms with Gasteiger partial charge in [0.15, 0.2) is 0 Å². The number of amides is 2. The molecule has 0 aliphatic rings. The number of nitrogens with one attached hydrogen (secondary N) is 2. The summed E-state index contributed by atoms with van der Waals surface area (Å²) in [5, 5.41) is 5.42. The summed E-state index contributed by atoms with van der Waals surface area (Å²) in [6.07, 6.45) is 5.37. The molecule has 0 saturated heterocycles. The van der Waals surface area contributed by atoms with Crippen molar-refractivity contribution in [2.75, 3.05) is 10.6 Å². The minimum atomic E-state index is -0.383. The highest BCUT2D eigenvalue weighted by Gasteiger charge is 2.10. The zero-order chi connectivity index (χ0) is 19.2. The number of aromatic nitrogens is 2. The number of rotatable bonds is 6. The van der Waals surface area contributed by atoms with Crippen LogP contribution in [0.15, 0.2) is 61.2 Å². The molecule has 27 heavy (non-hydrogen) atoms. The van der Waals surface area contributed by atoms with E-state index in [2.05, 4.69) is 15.6 Å². The fraction of sp³-hybridized carbons (Fsp3) is 0.150. The standard InChI is InChI=1S/C20H19FN4O2/c1-14-5-6-17(12-18(14)21)24-20(27)15-3-2-4-16(11-15)23-19(26)7-9-25-10-8-22-13-25/h2-6,8,10-13H,7,9H2,1H3,(H,23,26)(H,24,27). The van der Waals surface area contributed by atoms with Gasteiger partial charge in [0.25, 0.3) is 5.91 Å². The van der Waals surface area contributed by atoms with E-state index in [9.17, 15) is 14.0 Å². The molecule has 3 aromatic rings. The first-order valence-corrected chi connectivity index (χ1v) is 8.44. The molecule has 138 valence electrons. The van der Waals surface area contributed by atoms with Gasteiger partial charge in [-0.25, -0.2) is 9.37 Å². The van der Waals surface area contributed by atoms with Gasteiger partial charge in [0.2, 0.25) is 5.91 Å². The van der Waals surface area contributed by atoms with Crippen LogP contribution in [0.5, 0.6) is 0 Å². The second-order valence-electron chi connectivity index (χ2n) is 6.10. The summed E-state index contributed by atoms with van der Waals surface area (Å²) >= 11 is 0. The lowest BCUT2D eigenvalue weighted by molar-refractivity contribution is -0.116. The maximum Gasteiger partial charge on any atom is 0.255 e. The largest absolute Gasteiger partial charge is 0.337 e. The van der Waals surface area contributed by atoms with Crippen molar-refractivity contribution in [1.29, 1.82) is 0 Å². The predicted octanol–water partition coefficient (Wildman–Crippen LogP) is 3.61. The van der Waals surface area contributed by atoms with Crippen LogP contribution in [0.4, 0.5) is 15.8 Å². The van der Waals surface area contributed by atoms with Gasteiger partial charge >= 0.3 is 0 Å². The number of anilines is 2. The molecule has 2 amide bonds. The smallest absolute Gasteiger partial charge is 0.255 e. The Morgan fingerprint density at radius 2 is 1.93 bits per heavy atom. The number of carbonyl (C=O) groups excluding carboxylic acids is 2. The number of halogens is 1. The van der Waals surface area contributed by atoms with Crippen LogP contribution in [-0.2, 0) is 11.3 Å². The number of aryl methyl sites for hydroxylation is 2. The van der Waals surface area contributed by atoms with Crippen molar-refractivity contribution in [3.05, 3.63) is 78.1 Å². The Balaban J connectivity index is 1.61. The molecule has 1 aromatic heterocycles. The van der Waals surface area contributed by atoms with Gasteiger partial charge in [0.05, 0.1) is 6.33 Å². The first-order chi connectivity index (χ1) is 13.0. The van der Waals surface area contributed by atoms with Gasteiger partial charge < -0.3 is 15.2 Å². The Morgan fingerprint density at radius 3 is 2.67 bits per heavy atom. The fourth-order valence-corrected chi connectivity index (χ4v) is 2.49. The van der Waals surface area contributed by atoms with Gasteiger partial charge in [-0.2, -0.15) is 0 Å². The maximum absolute atomic E-state index is 13.6. The van der Waals surface area contributed by atoms with Crippen molar-refractivity contribution >= 4 is 23.2 Å². The molecule has 0 atom stereocenters. The van der Waals surface area contributed by atoms with Crippen molar-refractivity contribution in [2.45, 2.75) is 19.9 Å². The Labute approximate surface area is 156 Å². The molecule has 0 spiro atoms. The summed E-state index contributed by atoms with van der Waals surface area (Å²) < 4.78 is 15.4. The van der Waals surface area contributed by atoms with Gasteiger partial charge in [0.1, 0.15) is 5.82 Å². The van der Waals surface area contributed by atoms with Gasteiger partial charge in [-0.15, -0.1) is 0 Å². The number of hydrogen-bond donors (Lipinski definition) is 2. The van der Waals surface area contributed by atoms with E-state index in [4.69, 9.17) is 0 Å². The second kappa shape index (κ2) is 8.27. The molecule has 0 bridgehead atoms. The summed E-state index contributed by atoms with van der Waals surface area (Å²) in [5.74, 6) is -0.929. The van der Waals surface area contributed by atoms with Crippen LogP contribution in [0, 0.1) is 12.7 Å². The van der Waals surface area contributed by atoms with Crippen LogP contribution >= 0.6 is 0 Å². The lowest BCUT2D eigenvalue weighted by atomic mass is 10.1. The van der Waals surface area contributed by atoms with Gasteiger partial charge in [0, 0.05) is 42.3 Å². The van der Waals surface area contributed by atoms with Crippen molar-refractivity contribution in [1.82, 2.24) is 9.55 Å². The molecule has 0 aliphatic carbocycles. The lowest BCUT2D eigenvalue weighted by Gasteiger charge is -2.09. The Kier molecular flexibility index (Phi) is 5.61. The number of nitrogens with zero attached hydrogens (tertiary/aromatic N) is 2. The summed E-state index contributed by atoms with van der Waals surface area (Å²) in [7, 11) is 0. The van der Waals surface area contributed by atoms with E-state index < -0.39 is 0 Å². The molecule has 3 rings (SSSR count). The molecule has 2 aromatic carbocycles. The monoisotopic (exact) mass is 366 g/mol. The molecule has 0 unspecified atom stereocenters. The minimum Gasteiger partial charge on any atom is -0.337 e. The first-order valence-electron chi connectivity index (χ1n) is 8.44. The van der Waals surface area contributed by atoms with Crippen LogP contribution in [0.3, 0.4) is 0 Å². The van der Waals surface area contributed by atoms with E-state index in [-0.39, 0.29) is 24.1 Å². The number of carbonyl (C=O) groups is 2. The average Bonchev–Trinajstić information content (AvgIpc) is 3.17. The third-order valence-corrected chi connectivity index (χ3v) is 3.99. The SMILES string of the molecule is Cc1ccc(NC(=O)c2cccc(NC(=O)CCn3ccnc3)c2)cc1F. The summed E-state index contributed by atoms with van der Waals surface area (Å²) in [6.45, 7) is 2.17. The number of benzene rings is 2. The van der Waals surface area contributed by atoms with Gasteiger partial charge in [-0.3, -0.25) is 9.59 Å². The van der Waals surface area contributed by atoms with Crippen LogP contribution in [0.2, 0.25) is 0 Å². The van der Waals surface area contributed by atoms with Gasteiger partial charge in [-0.1, -0.05) is 12.1 Å². The molecule has 7 heteroatoms. The van der Waals surface area contributed by atoms with Crippen LogP contribution < -0.4 is 10.6 Å². The molecule has 0 aliphatic heterocycles. The van der Waals surface area contributed by atoms with Gasteiger partial charge in [-0.05, 0) is 42.8 Å². The van der Waals surface area contributed by atoms with Crippen LogP contribution in [0.25, 0.3) is 0 Å². The zero-order valence-electron chi connectivity index (χ0n) is 14.8. The average molecular weight is 366 g/mol. The lowest BCUT2D eigenvalue weighted by Crippen LogP contribution is -2.16. The molecular formula is C20H19FN4O2. The molecule has 0 fully saturated rings. The fourth-order valence-electron chi connectivity index (χ4n) is 2.49. The Morgan fingerprint density at radius 1 is 1.11 bits per heavy atom. The Bertz CT molecular complexity index is 954. The first kappa shape index (κ1) is 18.3. The second-order valence-corrected chi connectivity index (χ2v) is 6.10. The Hall–Kier alpha value is -3.48. The van der Waals surface area contributed by atoms with E-state index in [0.717, 1.165) is 0 Å². The van der Waals surface area contributed by atoms with E-state index in [1.54, 1.807) is 62.0 Å². The zero-order valence-corrected chi connectivity index (χ0v) is 14.8. The van der Waals surface area contributed by atoms with Crippen molar-refractivity contribution in [2.24, 2.45) is 0 Å². The van der Waals surface area contributed by atoms with Crippen molar-refractivity contribution in [3.63, 3.8) is 0 Å². The maximum atomic E-state index is 13.6. The molecule has 1 heterocycles. The van der Waals surface area contributed by atoms with E-state index >= 15 is 0 Å². The quantitative estimate of drug-likeness (QED) is 0.700. The van der Waals surface area contributed by atoms with E-state index in [1.807, 2.05) is 4.57 Å². The molecule has 0 saturated carbocycles.